The summed E-state index contributed by atoms with van der Waals surface area (Å²) >= 11 is 0. The lowest BCUT2D eigenvalue weighted by Crippen LogP contribution is -2.38. The van der Waals surface area contributed by atoms with Crippen molar-refractivity contribution in [3.05, 3.63) is 47.6 Å². The quantitative estimate of drug-likeness (QED) is 0.221. The van der Waals surface area contributed by atoms with E-state index in [9.17, 15) is 0 Å². The Morgan fingerprint density at radius 1 is 1.32 bits per heavy atom. The molecule has 1 saturated heterocycles. The molecular weight excluding hydrogens is 432 g/mol. The van der Waals surface area contributed by atoms with Crippen LogP contribution in [-0.2, 0) is 6.54 Å². The van der Waals surface area contributed by atoms with E-state index in [4.69, 9.17) is 15.1 Å². The first kappa shape index (κ1) is 24.0. The molecule has 1 unspecified atom stereocenters. The van der Waals surface area contributed by atoms with Crippen LogP contribution in [0.15, 0.2) is 40.7 Å². The molecule has 1 aliphatic heterocycles. The van der Waals surface area contributed by atoms with Crippen molar-refractivity contribution in [2.24, 2.45) is 11.8 Å². The second kappa shape index (κ2) is 10.9. The van der Waals surface area contributed by atoms with Crippen LogP contribution in [0.4, 0.5) is 11.8 Å². The Bertz CT molecular complexity index is 1010. The van der Waals surface area contributed by atoms with Gasteiger partial charge in [-0.1, -0.05) is 25.6 Å². The average Bonchev–Trinajstić information content (AvgIpc) is 3.52. The van der Waals surface area contributed by atoms with Gasteiger partial charge in [-0.15, -0.1) is 0 Å². The summed E-state index contributed by atoms with van der Waals surface area (Å²) in [6.07, 6.45) is 6.38. The minimum atomic E-state index is 0.0863. The number of hydrogen-bond donors (Lipinski definition) is 4. The van der Waals surface area contributed by atoms with Gasteiger partial charge in [-0.3, -0.25) is 5.84 Å². The fraction of sp³-hybridized carbons (Fsp3) is 0.542. The SMILES string of the molecule is C=C(/C=C(\NN)C1CC1)Nc1cc(OC2CCCN(C)C2)nc(NCc2cc(C(C)C)no2)n1. The van der Waals surface area contributed by atoms with Crippen molar-refractivity contribution >= 4 is 11.8 Å². The van der Waals surface area contributed by atoms with Gasteiger partial charge in [-0.05, 0) is 51.3 Å². The molecule has 184 valence electrons. The largest absolute Gasteiger partial charge is 0.473 e. The maximum atomic E-state index is 6.24. The number of likely N-dealkylation sites (tertiary alicyclic amines) is 1. The molecule has 0 spiro atoms. The molecule has 10 heteroatoms. The predicted octanol–water partition coefficient (Wildman–Crippen LogP) is 3.36. The Kier molecular flexibility index (Phi) is 7.69. The lowest BCUT2D eigenvalue weighted by atomic mass is 10.1. The van der Waals surface area contributed by atoms with E-state index < -0.39 is 0 Å². The van der Waals surface area contributed by atoms with E-state index in [1.54, 1.807) is 6.07 Å². The maximum absolute atomic E-state index is 6.24. The Labute approximate surface area is 201 Å². The van der Waals surface area contributed by atoms with Crippen molar-refractivity contribution in [1.29, 1.82) is 0 Å². The van der Waals surface area contributed by atoms with Gasteiger partial charge in [0.2, 0.25) is 11.8 Å². The molecule has 34 heavy (non-hydrogen) atoms. The smallest absolute Gasteiger partial charge is 0.228 e. The number of anilines is 2. The van der Waals surface area contributed by atoms with Crippen LogP contribution in [0, 0.1) is 5.92 Å². The third kappa shape index (κ3) is 6.71. The lowest BCUT2D eigenvalue weighted by molar-refractivity contribution is 0.100. The van der Waals surface area contributed by atoms with E-state index in [2.05, 4.69) is 63.6 Å². The van der Waals surface area contributed by atoms with Crippen LogP contribution in [0.5, 0.6) is 5.88 Å². The van der Waals surface area contributed by atoms with E-state index in [-0.39, 0.29) is 6.10 Å². The minimum absolute atomic E-state index is 0.0863. The van der Waals surface area contributed by atoms with Gasteiger partial charge in [-0.25, -0.2) is 0 Å². The molecule has 10 nitrogen and oxygen atoms in total. The Morgan fingerprint density at radius 2 is 2.15 bits per heavy atom. The monoisotopic (exact) mass is 468 g/mol. The molecule has 1 aliphatic carbocycles. The van der Waals surface area contributed by atoms with Crippen molar-refractivity contribution in [2.45, 2.75) is 58.1 Å². The van der Waals surface area contributed by atoms with Gasteiger partial charge in [0, 0.05) is 36.0 Å². The van der Waals surface area contributed by atoms with Crippen LogP contribution >= 0.6 is 0 Å². The predicted molar refractivity (Wildman–Crippen MR) is 132 cm³/mol. The molecule has 4 rings (SSSR count). The highest BCUT2D eigenvalue weighted by Crippen LogP contribution is 2.35. The molecule has 0 amide bonds. The van der Waals surface area contributed by atoms with E-state index in [0.717, 1.165) is 55.9 Å². The molecule has 2 fully saturated rings. The third-order valence-electron chi connectivity index (χ3n) is 5.96. The molecule has 1 saturated carbocycles. The van der Waals surface area contributed by atoms with Gasteiger partial charge in [-0.2, -0.15) is 9.97 Å². The third-order valence-corrected chi connectivity index (χ3v) is 5.96. The van der Waals surface area contributed by atoms with Crippen LogP contribution in [0.2, 0.25) is 0 Å². The highest BCUT2D eigenvalue weighted by atomic mass is 16.5. The molecule has 0 radical (unpaired) electrons. The summed E-state index contributed by atoms with van der Waals surface area (Å²) in [4.78, 5) is 11.5. The molecule has 2 aliphatic rings. The maximum Gasteiger partial charge on any atom is 0.228 e. The number of likely N-dealkylation sites (N-methyl/N-ethyl adjacent to an activating group) is 1. The number of nitrogens with zero attached hydrogens (tertiary/aromatic N) is 4. The fourth-order valence-electron chi connectivity index (χ4n) is 3.93. The Balaban J connectivity index is 1.49. The fourth-order valence-corrected chi connectivity index (χ4v) is 3.93. The number of aromatic nitrogens is 3. The molecule has 2 aromatic heterocycles. The Hall–Kier alpha value is -3.11. The Morgan fingerprint density at radius 3 is 2.82 bits per heavy atom. The van der Waals surface area contributed by atoms with Crippen LogP contribution in [0.25, 0.3) is 0 Å². The van der Waals surface area contributed by atoms with Crippen molar-refractivity contribution in [2.75, 3.05) is 30.8 Å². The first-order valence-corrected chi connectivity index (χ1v) is 12.0. The molecule has 1 atom stereocenters. The van der Waals surface area contributed by atoms with Crippen molar-refractivity contribution in [1.82, 2.24) is 25.5 Å². The number of ether oxygens (including phenoxy) is 1. The van der Waals surface area contributed by atoms with Crippen LogP contribution in [0.3, 0.4) is 0 Å². The number of hydrogen-bond acceptors (Lipinski definition) is 10. The number of rotatable bonds is 11. The summed E-state index contributed by atoms with van der Waals surface area (Å²) in [5, 5.41) is 10.6. The summed E-state index contributed by atoms with van der Waals surface area (Å²) in [6, 6.07) is 3.75. The number of allylic oxidation sites excluding steroid dienone is 2. The zero-order valence-corrected chi connectivity index (χ0v) is 20.3. The highest BCUT2D eigenvalue weighted by Gasteiger charge is 2.25. The van der Waals surface area contributed by atoms with Gasteiger partial charge in [0.25, 0.3) is 0 Å². The van der Waals surface area contributed by atoms with Crippen molar-refractivity contribution in [3.63, 3.8) is 0 Å². The standard InChI is InChI=1S/C24H36N8O2/c1-15(2)20-11-19(34-31-20)13-26-24-28-22(27-16(3)10-21(30-25)17-7-8-17)12-23(29-24)33-18-6-5-9-32(4)14-18/h10-12,15,17-18,30H,3,5-9,13-14,25H2,1-2,4H3,(H2,26,27,28,29)/b21-10-. The van der Waals surface area contributed by atoms with Gasteiger partial charge in [0.1, 0.15) is 11.9 Å². The van der Waals surface area contributed by atoms with Gasteiger partial charge < -0.3 is 30.2 Å². The number of hydrazine groups is 1. The summed E-state index contributed by atoms with van der Waals surface area (Å²) < 4.78 is 11.7. The van der Waals surface area contributed by atoms with Gasteiger partial charge in [0.05, 0.1) is 12.2 Å². The highest BCUT2D eigenvalue weighted by molar-refractivity contribution is 5.50. The molecule has 0 aromatic carbocycles. The molecule has 3 heterocycles. The number of nitrogens with two attached hydrogens (primary N) is 1. The zero-order chi connectivity index (χ0) is 24.1. The molecule has 0 bridgehead atoms. The van der Waals surface area contributed by atoms with Gasteiger partial charge in [0.15, 0.2) is 5.76 Å². The van der Waals surface area contributed by atoms with Crippen molar-refractivity contribution in [3.8, 4) is 5.88 Å². The summed E-state index contributed by atoms with van der Waals surface area (Å²) in [5.41, 5.74) is 5.35. The number of piperidine rings is 1. The second-order valence-corrected chi connectivity index (χ2v) is 9.45. The topological polar surface area (TPSA) is 126 Å². The van der Waals surface area contributed by atoms with Crippen LogP contribution < -0.4 is 26.6 Å². The minimum Gasteiger partial charge on any atom is -0.473 e. The molecule has 5 N–H and O–H groups in total. The lowest BCUT2D eigenvalue weighted by Gasteiger charge is -2.29. The van der Waals surface area contributed by atoms with E-state index >= 15 is 0 Å². The average molecular weight is 469 g/mol. The second-order valence-electron chi connectivity index (χ2n) is 9.45. The zero-order valence-electron chi connectivity index (χ0n) is 20.3. The number of nitrogens with one attached hydrogen (secondary N) is 3. The van der Waals surface area contributed by atoms with Crippen LogP contribution in [0.1, 0.15) is 56.9 Å². The molecule has 2 aromatic rings. The summed E-state index contributed by atoms with van der Waals surface area (Å²) in [7, 11) is 2.11. The first-order valence-electron chi connectivity index (χ1n) is 12.0. The summed E-state index contributed by atoms with van der Waals surface area (Å²) in [6.45, 7) is 10.6. The summed E-state index contributed by atoms with van der Waals surface area (Å²) in [5.74, 6) is 8.71. The van der Waals surface area contributed by atoms with Crippen LogP contribution in [-0.4, -0.2) is 46.3 Å². The van der Waals surface area contributed by atoms with E-state index in [0.29, 0.717) is 41.7 Å². The van der Waals surface area contributed by atoms with E-state index in [1.165, 1.54) is 0 Å². The van der Waals surface area contributed by atoms with Gasteiger partial charge >= 0.3 is 0 Å². The van der Waals surface area contributed by atoms with E-state index in [1.807, 2.05) is 12.1 Å². The van der Waals surface area contributed by atoms with Crippen molar-refractivity contribution < 1.29 is 9.26 Å². The normalized spacial score (nSPS) is 19.2. The molecular formula is C24H36N8O2. The first-order chi connectivity index (χ1) is 16.4.